The zero-order valence-corrected chi connectivity index (χ0v) is 19.6. The van der Waals surface area contributed by atoms with E-state index in [2.05, 4.69) is 20.5 Å². The predicted molar refractivity (Wildman–Crippen MR) is 124 cm³/mol. The van der Waals surface area contributed by atoms with Gasteiger partial charge < -0.3 is 10.1 Å². The number of carbonyl (C=O) groups excluding carboxylic acids is 1. The van der Waals surface area contributed by atoms with Gasteiger partial charge in [0, 0.05) is 23.3 Å². The average molecular weight is 519 g/mol. The van der Waals surface area contributed by atoms with E-state index in [0.29, 0.717) is 23.4 Å². The first-order chi connectivity index (χ1) is 17.0. The molecule has 36 heavy (non-hydrogen) atoms. The van der Waals surface area contributed by atoms with Crippen LogP contribution in [-0.2, 0) is 17.5 Å². The fourth-order valence-electron chi connectivity index (χ4n) is 3.09. The van der Waals surface area contributed by atoms with E-state index in [-0.39, 0.29) is 28.4 Å². The van der Waals surface area contributed by atoms with E-state index >= 15 is 0 Å². The van der Waals surface area contributed by atoms with Crippen LogP contribution in [0.5, 0.6) is 11.5 Å². The van der Waals surface area contributed by atoms with Crippen molar-refractivity contribution in [2.75, 3.05) is 0 Å². The Labute approximate surface area is 207 Å². The third-order valence-corrected chi connectivity index (χ3v) is 5.10. The molecule has 0 fully saturated rings. The zero-order chi connectivity index (χ0) is 26.5. The van der Waals surface area contributed by atoms with E-state index < -0.39 is 23.2 Å². The van der Waals surface area contributed by atoms with Crippen LogP contribution in [0, 0.1) is 18.3 Å². The number of rotatable bonds is 8. The monoisotopic (exact) mass is 518 g/mol. The van der Waals surface area contributed by atoms with Crippen molar-refractivity contribution in [3.05, 3.63) is 86.3 Å². The molecule has 2 heterocycles. The zero-order valence-electron chi connectivity index (χ0n) is 18.9. The van der Waals surface area contributed by atoms with E-state index in [4.69, 9.17) is 16.3 Å². The number of nitriles is 1. The molecule has 0 radical (unpaired) electrons. The molecule has 1 aromatic carbocycles. The highest BCUT2D eigenvalue weighted by Gasteiger charge is 2.39. The van der Waals surface area contributed by atoms with E-state index in [1.807, 2.05) is 6.07 Å². The smallest absolute Gasteiger partial charge is 0.437 e. The molecular formula is C23H18ClF3N6O3. The lowest BCUT2D eigenvalue weighted by Crippen LogP contribution is -2.26. The molecule has 0 saturated carbocycles. The molecule has 3 rings (SSSR count). The third-order valence-electron chi connectivity index (χ3n) is 4.88. The molecule has 0 aliphatic carbocycles. The molecule has 0 aliphatic rings. The first-order valence-corrected chi connectivity index (χ1v) is 10.5. The SMILES string of the molecule is C/C(=C\C=C(/NC=O)c1ccn[nH]1)Cn1cnc(C(F)(F)F)c(Oc2cc(Cl)cc(C#N)c2C)c1=O. The lowest BCUT2D eigenvalue weighted by molar-refractivity contribution is -0.142. The molecule has 0 unspecified atom stereocenters. The summed E-state index contributed by atoms with van der Waals surface area (Å²) in [4.78, 5) is 27.3. The first-order valence-electron chi connectivity index (χ1n) is 10.2. The Bertz CT molecular complexity index is 1440. The first kappa shape index (κ1) is 26.2. The van der Waals surface area contributed by atoms with Crippen molar-refractivity contribution in [1.82, 2.24) is 25.1 Å². The number of ether oxygens (including phenoxy) is 1. The normalized spacial score (nSPS) is 12.2. The molecule has 186 valence electrons. The molecule has 13 heteroatoms. The number of benzene rings is 1. The van der Waals surface area contributed by atoms with Crippen LogP contribution in [0.2, 0.25) is 5.02 Å². The van der Waals surface area contributed by atoms with Crippen LogP contribution in [0.1, 0.15) is 29.4 Å². The lowest BCUT2D eigenvalue weighted by Gasteiger charge is -2.16. The van der Waals surface area contributed by atoms with Gasteiger partial charge in [0.1, 0.15) is 5.75 Å². The fraction of sp³-hybridized carbons (Fsp3) is 0.174. The third kappa shape index (κ3) is 6.00. The highest BCUT2D eigenvalue weighted by atomic mass is 35.5. The maximum Gasteiger partial charge on any atom is 0.437 e. The van der Waals surface area contributed by atoms with Gasteiger partial charge in [0.2, 0.25) is 12.2 Å². The van der Waals surface area contributed by atoms with Crippen LogP contribution in [0.15, 0.2) is 53.2 Å². The Hall–Kier alpha value is -4.37. The minimum atomic E-state index is -4.98. The van der Waals surface area contributed by atoms with Crippen molar-refractivity contribution in [3.63, 3.8) is 0 Å². The van der Waals surface area contributed by atoms with Crippen LogP contribution < -0.4 is 15.6 Å². The number of aromatic amines is 1. The summed E-state index contributed by atoms with van der Waals surface area (Å²) in [6, 6.07) is 6.03. The number of aromatic nitrogens is 4. The fourth-order valence-corrected chi connectivity index (χ4v) is 3.30. The molecule has 2 N–H and O–H groups in total. The van der Waals surface area contributed by atoms with Gasteiger partial charge in [0.25, 0.3) is 5.56 Å². The molecule has 0 atom stereocenters. The van der Waals surface area contributed by atoms with Crippen LogP contribution >= 0.6 is 11.6 Å². The van der Waals surface area contributed by atoms with E-state index in [0.717, 1.165) is 10.9 Å². The Morgan fingerprint density at radius 2 is 2.11 bits per heavy atom. The van der Waals surface area contributed by atoms with Gasteiger partial charge >= 0.3 is 6.18 Å². The second-order valence-electron chi connectivity index (χ2n) is 7.47. The minimum Gasteiger partial charge on any atom is -0.449 e. The van der Waals surface area contributed by atoms with Gasteiger partial charge in [0.05, 0.1) is 29.4 Å². The van der Waals surface area contributed by atoms with Gasteiger partial charge in [-0.15, -0.1) is 0 Å². The molecule has 9 nitrogen and oxygen atoms in total. The number of allylic oxidation sites excluding steroid dienone is 3. The number of nitrogens with zero attached hydrogens (tertiary/aromatic N) is 4. The van der Waals surface area contributed by atoms with E-state index in [9.17, 15) is 28.0 Å². The quantitative estimate of drug-likeness (QED) is 0.337. The van der Waals surface area contributed by atoms with Crippen LogP contribution in [0.4, 0.5) is 13.2 Å². The van der Waals surface area contributed by atoms with Gasteiger partial charge in [0.15, 0.2) is 5.69 Å². The summed E-state index contributed by atoms with van der Waals surface area (Å²) < 4.78 is 47.2. The largest absolute Gasteiger partial charge is 0.449 e. The predicted octanol–water partition coefficient (Wildman–Crippen LogP) is 4.34. The summed E-state index contributed by atoms with van der Waals surface area (Å²) in [6.45, 7) is 2.95. The number of H-pyrrole nitrogens is 1. The molecule has 1 amide bonds. The molecule has 2 aromatic heterocycles. The number of halogens is 4. The summed E-state index contributed by atoms with van der Waals surface area (Å²) in [7, 11) is 0. The van der Waals surface area contributed by atoms with E-state index in [1.165, 1.54) is 31.3 Å². The van der Waals surface area contributed by atoms with Gasteiger partial charge in [-0.25, -0.2) is 4.98 Å². The van der Waals surface area contributed by atoms with Crippen molar-refractivity contribution in [2.24, 2.45) is 0 Å². The second kappa shape index (κ2) is 10.9. The van der Waals surface area contributed by atoms with Gasteiger partial charge in [-0.3, -0.25) is 19.3 Å². The Morgan fingerprint density at radius 1 is 1.36 bits per heavy atom. The van der Waals surface area contributed by atoms with Gasteiger partial charge in [-0.05, 0) is 38.1 Å². The minimum absolute atomic E-state index is 0.0486. The van der Waals surface area contributed by atoms with Gasteiger partial charge in [-0.2, -0.15) is 23.5 Å². The van der Waals surface area contributed by atoms with Crippen molar-refractivity contribution in [1.29, 1.82) is 5.26 Å². The number of carbonyl (C=O) groups is 1. The number of alkyl halides is 3. The Kier molecular flexibility index (Phi) is 7.96. The van der Waals surface area contributed by atoms with Crippen molar-refractivity contribution < 1.29 is 22.7 Å². The highest BCUT2D eigenvalue weighted by Crippen LogP contribution is 2.36. The second-order valence-corrected chi connectivity index (χ2v) is 7.91. The Balaban J connectivity index is 2.02. The summed E-state index contributed by atoms with van der Waals surface area (Å²) in [5, 5.41) is 18.3. The van der Waals surface area contributed by atoms with Gasteiger partial charge in [-0.1, -0.05) is 23.3 Å². The maximum atomic E-state index is 13.6. The standard InChI is InChI=1S/C23H18ClF3N6O3/c1-13(3-4-17(30-12-34)18-5-6-31-32-18)10-33-11-29-21(23(25,26)27)20(22(33)35)36-19-8-16(24)7-15(9-28)14(19)2/h3-8,11-12H,10H2,1-2H3,(H,30,34)(H,31,32)/b13-3+,17-4-. The van der Waals surface area contributed by atoms with E-state index in [1.54, 1.807) is 19.1 Å². The van der Waals surface area contributed by atoms with Crippen molar-refractivity contribution >= 4 is 23.7 Å². The summed E-state index contributed by atoms with van der Waals surface area (Å²) >= 11 is 5.96. The summed E-state index contributed by atoms with van der Waals surface area (Å²) in [5.74, 6) is -1.23. The maximum absolute atomic E-state index is 13.6. The van der Waals surface area contributed by atoms with Crippen LogP contribution in [-0.4, -0.2) is 26.2 Å². The molecule has 0 saturated heterocycles. The van der Waals surface area contributed by atoms with Crippen LogP contribution in [0.3, 0.4) is 0 Å². The molecule has 0 bridgehead atoms. The average Bonchev–Trinajstić information content (AvgIpc) is 3.35. The summed E-state index contributed by atoms with van der Waals surface area (Å²) in [5.41, 5.74) is -0.873. The molecule has 0 aliphatic heterocycles. The number of hydrogen-bond acceptors (Lipinski definition) is 6. The molecular weight excluding hydrogens is 501 g/mol. The van der Waals surface area contributed by atoms with Crippen molar-refractivity contribution in [2.45, 2.75) is 26.6 Å². The summed E-state index contributed by atoms with van der Waals surface area (Å²) in [6.07, 6.45) is 0.852. The number of amides is 1. The highest BCUT2D eigenvalue weighted by molar-refractivity contribution is 6.30. The number of hydrogen-bond donors (Lipinski definition) is 2. The molecule has 0 spiro atoms. The molecule has 3 aromatic rings. The lowest BCUT2D eigenvalue weighted by atomic mass is 10.1. The topological polar surface area (TPSA) is 126 Å². The van der Waals surface area contributed by atoms with Crippen LogP contribution in [0.25, 0.3) is 5.70 Å². The van der Waals surface area contributed by atoms with Crippen molar-refractivity contribution in [3.8, 4) is 17.6 Å². The number of nitrogens with one attached hydrogen (secondary N) is 2. The Morgan fingerprint density at radius 3 is 2.72 bits per heavy atom.